The molecule has 0 bridgehead atoms. The number of carbonyl (C=O) groups is 2. The molecular weight excluding hydrogens is 468 g/mol. The molecule has 0 saturated carbocycles. The van der Waals surface area contributed by atoms with Crippen LogP contribution in [0.5, 0.6) is 5.75 Å². The maximum atomic E-state index is 13.6. The zero-order valence-corrected chi connectivity index (χ0v) is 22.5. The van der Waals surface area contributed by atoms with E-state index >= 15 is 0 Å². The molecule has 1 aliphatic heterocycles. The highest BCUT2D eigenvalue weighted by Gasteiger charge is 2.33. The number of amides is 2. The van der Waals surface area contributed by atoms with E-state index in [4.69, 9.17) is 16.3 Å². The Bertz CT molecular complexity index is 988. The Morgan fingerprint density at radius 3 is 2.65 bits per heavy atom. The zero-order valence-electron chi connectivity index (χ0n) is 21.0. The third-order valence-electron chi connectivity index (χ3n) is 6.19. The molecule has 7 heteroatoms. The molecule has 0 aliphatic carbocycles. The molecule has 2 amide bonds. The number of rotatable bonds is 10. The minimum absolute atomic E-state index is 0.0152. The fourth-order valence-corrected chi connectivity index (χ4v) is 5.24. The van der Waals surface area contributed by atoms with Gasteiger partial charge < -0.3 is 14.5 Å². The molecule has 2 aromatic rings. The van der Waals surface area contributed by atoms with Crippen LogP contribution < -0.4 is 4.74 Å². The monoisotopic (exact) mass is 504 g/mol. The molecule has 186 valence electrons. The highest BCUT2D eigenvalue weighted by Crippen LogP contribution is 2.34. The van der Waals surface area contributed by atoms with Crippen molar-refractivity contribution in [2.75, 3.05) is 26.2 Å². The van der Waals surface area contributed by atoms with Crippen LogP contribution in [0.25, 0.3) is 0 Å². The molecule has 0 N–H and O–H groups in total. The predicted octanol–water partition coefficient (Wildman–Crippen LogP) is 6.14. The summed E-state index contributed by atoms with van der Waals surface area (Å²) >= 11 is 7.89. The Morgan fingerprint density at radius 1 is 1.21 bits per heavy atom. The second-order valence-corrected chi connectivity index (χ2v) is 11.4. The summed E-state index contributed by atoms with van der Waals surface area (Å²) in [6.45, 7) is 12.0. The van der Waals surface area contributed by atoms with Crippen LogP contribution in [-0.2, 0) is 16.0 Å². The van der Waals surface area contributed by atoms with Crippen molar-refractivity contribution < 1.29 is 14.3 Å². The van der Waals surface area contributed by atoms with Crippen molar-refractivity contribution in [1.29, 1.82) is 0 Å². The largest absolute Gasteiger partial charge is 0.491 e. The number of carbonyl (C=O) groups excluding carboxylic acids is 2. The van der Waals surface area contributed by atoms with E-state index in [0.717, 1.165) is 29.7 Å². The highest BCUT2D eigenvalue weighted by molar-refractivity contribution is 7.10. The third-order valence-corrected chi connectivity index (χ3v) is 7.61. The van der Waals surface area contributed by atoms with Crippen LogP contribution in [0.2, 0.25) is 5.02 Å². The van der Waals surface area contributed by atoms with Crippen molar-refractivity contribution in [3.63, 3.8) is 0 Å². The van der Waals surface area contributed by atoms with Gasteiger partial charge >= 0.3 is 0 Å². The van der Waals surface area contributed by atoms with Gasteiger partial charge in [0.25, 0.3) is 0 Å². The number of nitrogens with zero attached hydrogens (tertiary/aromatic N) is 2. The van der Waals surface area contributed by atoms with Gasteiger partial charge in [-0.15, -0.1) is 11.3 Å². The first-order valence-electron chi connectivity index (χ1n) is 12.2. The first kappa shape index (κ1) is 26.6. The number of hydrogen-bond donors (Lipinski definition) is 0. The fraction of sp³-hybridized carbons (Fsp3) is 0.556. The lowest BCUT2D eigenvalue weighted by molar-refractivity contribution is -0.143. The Labute approximate surface area is 213 Å². The van der Waals surface area contributed by atoms with E-state index in [2.05, 4.69) is 25.3 Å². The number of thiophene rings is 1. The average molecular weight is 505 g/mol. The molecule has 2 heterocycles. The summed E-state index contributed by atoms with van der Waals surface area (Å²) < 4.78 is 6.14. The number of hydrogen-bond acceptors (Lipinski definition) is 4. The smallest absolute Gasteiger partial charge is 0.242 e. The Balaban J connectivity index is 1.76. The van der Waals surface area contributed by atoms with Crippen molar-refractivity contribution in [2.45, 2.75) is 59.9 Å². The van der Waals surface area contributed by atoms with Gasteiger partial charge in [0.2, 0.25) is 11.8 Å². The van der Waals surface area contributed by atoms with Gasteiger partial charge in [0.1, 0.15) is 12.4 Å². The van der Waals surface area contributed by atoms with E-state index in [9.17, 15) is 9.59 Å². The van der Waals surface area contributed by atoms with Crippen molar-refractivity contribution >= 4 is 34.8 Å². The van der Waals surface area contributed by atoms with Gasteiger partial charge in [-0.2, -0.15) is 0 Å². The van der Waals surface area contributed by atoms with Gasteiger partial charge in [-0.1, -0.05) is 39.3 Å². The van der Waals surface area contributed by atoms with Crippen LogP contribution >= 0.6 is 22.9 Å². The lowest BCUT2D eigenvalue weighted by atomic mass is 10.00. The summed E-state index contributed by atoms with van der Waals surface area (Å²) in [5.74, 6) is 1.51. The van der Waals surface area contributed by atoms with Gasteiger partial charge in [-0.05, 0) is 72.4 Å². The van der Waals surface area contributed by atoms with E-state index < -0.39 is 0 Å². The van der Waals surface area contributed by atoms with Crippen molar-refractivity contribution in [1.82, 2.24) is 9.80 Å². The average Bonchev–Trinajstić information content (AvgIpc) is 3.25. The van der Waals surface area contributed by atoms with Gasteiger partial charge in [-0.25, -0.2) is 0 Å². The first-order chi connectivity index (χ1) is 16.2. The summed E-state index contributed by atoms with van der Waals surface area (Å²) in [5, 5.41) is 2.79. The van der Waals surface area contributed by atoms with E-state index in [1.54, 1.807) is 16.2 Å². The minimum atomic E-state index is -0.175. The SMILES string of the molecule is Cc1cc(OC[C@H]2c3ccsc3CCN2C(=O)CN(CCC(C)C)C(=O)CC(C)C)ccc1Cl. The molecule has 0 saturated heterocycles. The number of halogens is 1. The lowest BCUT2D eigenvalue weighted by Crippen LogP contribution is -2.48. The van der Waals surface area contributed by atoms with Crippen LogP contribution in [0.15, 0.2) is 29.6 Å². The van der Waals surface area contributed by atoms with Crippen LogP contribution in [0.1, 0.15) is 62.6 Å². The number of aryl methyl sites for hydroxylation is 1. The molecule has 1 aromatic heterocycles. The molecule has 1 aliphatic rings. The summed E-state index contributed by atoms with van der Waals surface area (Å²) in [6.07, 6.45) is 2.18. The molecule has 3 rings (SSSR count). The van der Waals surface area contributed by atoms with Crippen LogP contribution in [-0.4, -0.2) is 47.9 Å². The van der Waals surface area contributed by atoms with Crippen LogP contribution in [0.4, 0.5) is 0 Å². The number of fused-ring (bicyclic) bond motifs is 1. The number of benzene rings is 1. The second kappa shape index (κ2) is 12.1. The lowest BCUT2D eigenvalue weighted by Gasteiger charge is -2.37. The minimum Gasteiger partial charge on any atom is -0.491 e. The van der Waals surface area contributed by atoms with Gasteiger partial charge in [0.15, 0.2) is 0 Å². The van der Waals surface area contributed by atoms with Crippen LogP contribution in [0.3, 0.4) is 0 Å². The molecule has 0 unspecified atom stereocenters. The first-order valence-corrected chi connectivity index (χ1v) is 13.4. The molecule has 0 radical (unpaired) electrons. The Hall–Kier alpha value is -2.05. The van der Waals surface area contributed by atoms with E-state index in [1.165, 1.54) is 4.88 Å². The van der Waals surface area contributed by atoms with E-state index in [0.29, 0.717) is 37.1 Å². The highest BCUT2D eigenvalue weighted by atomic mass is 35.5. The predicted molar refractivity (Wildman–Crippen MR) is 140 cm³/mol. The third kappa shape index (κ3) is 6.98. The Morgan fingerprint density at radius 2 is 1.97 bits per heavy atom. The van der Waals surface area contributed by atoms with Gasteiger partial charge in [0.05, 0.1) is 12.6 Å². The molecule has 5 nitrogen and oxygen atoms in total. The summed E-state index contributed by atoms with van der Waals surface area (Å²) in [5.41, 5.74) is 2.11. The normalized spacial score (nSPS) is 15.5. The topological polar surface area (TPSA) is 49.9 Å². The zero-order chi connectivity index (χ0) is 24.8. The van der Waals surface area contributed by atoms with Crippen molar-refractivity contribution in [2.24, 2.45) is 11.8 Å². The number of ether oxygens (including phenoxy) is 1. The second-order valence-electron chi connectivity index (χ2n) is 9.97. The molecule has 34 heavy (non-hydrogen) atoms. The standard InChI is InChI=1S/C27H37ClN2O3S/c1-18(2)8-11-29(26(31)14-19(3)4)16-27(32)30-12-9-25-22(10-13-34-25)24(30)17-33-21-6-7-23(28)20(5)15-21/h6-7,10,13,15,18-19,24H,8-9,11-12,14,16-17H2,1-5H3/t24-/m0/s1. The molecular formula is C27H37ClN2O3S. The van der Waals surface area contributed by atoms with Gasteiger partial charge in [0, 0.05) is 29.4 Å². The molecule has 1 aromatic carbocycles. The Kier molecular flexibility index (Phi) is 9.43. The summed E-state index contributed by atoms with van der Waals surface area (Å²) in [7, 11) is 0. The van der Waals surface area contributed by atoms with Gasteiger partial charge in [-0.3, -0.25) is 9.59 Å². The van der Waals surface area contributed by atoms with E-state index in [-0.39, 0.29) is 30.3 Å². The quantitative estimate of drug-likeness (QED) is 0.390. The van der Waals surface area contributed by atoms with E-state index in [1.807, 2.05) is 43.9 Å². The maximum Gasteiger partial charge on any atom is 0.242 e. The van der Waals surface area contributed by atoms with Crippen LogP contribution in [0, 0.1) is 18.8 Å². The summed E-state index contributed by atoms with van der Waals surface area (Å²) in [4.78, 5) is 31.4. The van der Waals surface area contributed by atoms with Crippen molar-refractivity contribution in [3.8, 4) is 5.75 Å². The molecule has 0 spiro atoms. The van der Waals surface area contributed by atoms with Crippen molar-refractivity contribution in [3.05, 3.63) is 50.7 Å². The molecule has 1 atom stereocenters. The fourth-order valence-electron chi connectivity index (χ4n) is 4.20. The summed E-state index contributed by atoms with van der Waals surface area (Å²) in [6, 6.07) is 7.53. The molecule has 0 fully saturated rings. The maximum absolute atomic E-state index is 13.6.